The fourth-order valence-corrected chi connectivity index (χ4v) is 4.08. The number of rotatable bonds is 8. The highest BCUT2D eigenvalue weighted by atomic mass is 16.5. The molecule has 0 radical (unpaired) electrons. The van der Waals surface area contributed by atoms with Crippen LogP contribution < -0.4 is 20.3 Å². The van der Waals surface area contributed by atoms with Crippen LogP contribution >= 0.6 is 0 Å². The van der Waals surface area contributed by atoms with Gasteiger partial charge >= 0.3 is 0 Å². The number of nitrogens with one attached hydrogen (secondary N) is 1. The van der Waals surface area contributed by atoms with E-state index < -0.39 is 0 Å². The van der Waals surface area contributed by atoms with Crippen molar-refractivity contribution in [2.24, 2.45) is 0 Å². The van der Waals surface area contributed by atoms with Crippen molar-refractivity contribution in [2.75, 3.05) is 33.9 Å². The molecule has 168 valence electrons. The van der Waals surface area contributed by atoms with Gasteiger partial charge in [0.2, 0.25) is 0 Å². The molecule has 1 fully saturated rings. The normalized spacial score (nSPS) is 13.9. The summed E-state index contributed by atoms with van der Waals surface area (Å²) in [4.78, 5) is 28.2. The fourth-order valence-electron chi connectivity index (χ4n) is 4.08. The fraction of sp³-hybridized carbons (Fsp3) is 0.375. The first kappa shape index (κ1) is 21.8. The van der Waals surface area contributed by atoms with Crippen LogP contribution in [0.4, 0.5) is 0 Å². The van der Waals surface area contributed by atoms with E-state index in [1.807, 2.05) is 24.3 Å². The van der Waals surface area contributed by atoms with Gasteiger partial charge in [0.15, 0.2) is 0 Å². The number of hydrogen-bond donors (Lipinski definition) is 1. The Morgan fingerprint density at radius 1 is 1.03 bits per heavy atom. The Morgan fingerprint density at radius 2 is 1.78 bits per heavy atom. The average Bonchev–Trinajstić information content (AvgIpc) is 3.36. The molecule has 32 heavy (non-hydrogen) atoms. The van der Waals surface area contributed by atoms with Gasteiger partial charge in [-0.15, -0.1) is 0 Å². The first-order valence-corrected chi connectivity index (χ1v) is 10.8. The average molecular weight is 437 g/mol. The topological polar surface area (TPSA) is 85.7 Å². The quantitative estimate of drug-likeness (QED) is 0.584. The van der Waals surface area contributed by atoms with Crippen molar-refractivity contribution >= 4 is 16.7 Å². The van der Waals surface area contributed by atoms with Crippen LogP contribution in [0.1, 0.15) is 28.9 Å². The highest BCUT2D eigenvalue weighted by Crippen LogP contribution is 2.24. The van der Waals surface area contributed by atoms with Gasteiger partial charge in [0.05, 0.1) is 44.0 Å². The Morgan fingerprint density at radius 3 is 2.50 bits per heavy atom. The molecule has 1 aliphatic heterocycles. The predicted octanol–water partition coefficient (Wildman–Crippen LogP) is 2.44. The van der Waals surface area contributed by atoms with E-state index in [-0.39, 0.29) is 18.0 Å². The summed E-state index contributed by atoms with van der Waals surface area (Å²) in [7, 11) is 3.07. The van der Waals surface area contributed by atoms with Crippen LogP contribution in [0.5, 0.6) is 11.5 Å². The van der Waals surface area contributed by atoms with Crippen molar-refractivity contribution in [3.05, 3.63) is 64.1 Å². The maximum atomic E-state index is 13.0. The number of methoxy groups -OCH3 is 2. The summed E-state index contributed by atoms with van der Waals surface area (Å²) in [5.41, 5.74) is 0.953. The van der Waals surface area contributed by atoms with Gasteiger partial charge < -0.3 is 19.7 Å². The Bertz CT molecular complexity index is 1170. The van der Waals surface area contributed by atoms with E-state index in [1.54, 1.807) is 25.3 Å². The molecule has 4 rings (SSSR count). The first-order chi connectivity index (χ1) is 15.6. The van der Waals surface area contributed by atoms with Crippen LogP contribution in [0.15, 0.2) is 47.3 Å². The van der Waals surface area contributed by atoms with Crippen molar-refractivity contribution in [3.63, 3.8) is 0 Å². The Balaban J connectivity index is 1.57. The van der Waals surface area contributed by atoms with Crippen molar-refractivity contribution < 1.29 is 14.3 Å². The molecule has 0 unspecified atom stereocenters. The smallest absolute Gasteiger partial charge is 0.274 e. The van der Waals surface area contributed by atoms with E-state index in [0.717, 1.165) is 25.0 Å². The maximum absolute atomic E-state index is 13.0. The van der Waals surface area contributed by atoms with Gasteiger partial charge in [0, 0.05) is 18.0 Å². The third-order valence-electron chi connectivity index (χ3n) is 5.84. The minimum atomic E-state index is -0.287. The monoisotopic (exact) mass is 436 g/mol. The molecule has 0 bridgehead atoms. The van der Waals surface area contributed by atoms with Crippen LogP contribution in [-0.2, 0) is 13.1 Å². The second-order valence-corrected chi connectivity index (χ2v) is 7.82. The van der Waals surface area contributed by atoms with Gasteiger partial charge in [-0.25, -0.2) is 4.68 Å². The molecule has 8 heteroatoms. The molecule has 8 nitrogen and oxygen atoms in total. The number of hydrogen-bond acceptors (Lipinski definition) is 6. The lowest BCUT2D eigenvalue weighted by atomic mass is 10.1. The number of fused-ring (bicyclic) bond motifs is 1. The number of carbonyl (C=O) groups is 1. The van der Waals surface area contributed by atoms with Gasteiger partial charge in [-0.2, -0.15) is 5.10 Å². The maximum Gasteiger partial charge on any atom is 0.274 e. The van der Waals surface area contributed by atoms with Crippen molar-refractivity contribution in [1.82, 2.24) is 20.0 Å². The lowest BCUT2D eigenvalue weighted by Crippen LogP contribution is -2.32. The molecule has 3 aromatic rings. The lowest BCUT2D eigenvalue weighted by Gasteiger charge is -2.16. The summed E-state index contributed by atoms with van der Waals surface area (Å²) in [6, 6.07) is 12.4. The van der Waals surface area contributed by atoms with Gasteiger partial charge in [-0.1, -0.05) is 18.2 Å². The number of ether oxygens (including phenoxy) is 2. The lowest BCUT2D eigenvalue weighted by molar-refractivity contribution is 0.0947. The third-order valence-corrected chi connectivity index (χ3v) is 5.84. The number of nitrogens with zero attached hydrogens (tertiary/aromatic N) is 3. The first-order valence-electron chi connectivity index (χ1n) is 10.8. The molecule has 2 aromatic carbocycles. The molecule has 0 saturated carbocycles. The van der Waals surface area contributed by atoms with Crippen LogP contribution in [0.2, 0.25) is 0 Å². The van der Waals surface area contributed by atoms with Gasteiger partial charge in [0.25, 0.3) is 11.5 Å². The molecule has 1 amide bonds. The Kier molecular flexibility index (Phi) is 6.70. The summed E-state index contributed by atoms with van der Waals surface area (Å²) < 4.78 is 12.1. The number of amides is 1. The Hall–Kier alpha value is -3.39. The molecular weight excluding hydrogens is 408 g/mol. The van der Waals surface area contributed by atoms with E-state index in [0.29, 0.717) is 34.7 Å². The second-order valence-electron chi connectivity index (χ2n) is 7.82. The molecule has 2 heterocycles. The van der Waals surface area contributed by atoms with Gasteiger partial charge in [-0.3, -0.25) is 9.59 Å². The van der Waals surface area contributed by atoms with E-state index in [1.165, 1.54) is 24.6 Å². The van der Waals surface area contributed by atoms with Crippen LogP contribution in [0.25, 0.3) is 10.8 Å². The largest absolute Gasteiger partial charge is 0.497 e. The zero-order valence-electron chi connectivity index (χ0n) is 18.5. The van der Waals surface area contributed by atoms with Crippen molar-refractivity contribution in [1.29, 1.82) is 0 Å². The van der Waals surface area contributed by atoms with Crippen molar-refractivity contribution in [3.8, 4) is 11.5 Å². The van der Waals surface area contributed by atoms with E-state index in [4.69, 9.17) is 9.47 Å². The molecule has 0 aliphatic carbocycles. The van der Waals surface area contributed by atoms with Crippen molar-refractivity contribution in [2.45, 2.75) is 25.9 Å². The molecule has 0 atom stereocenters. The molecule has 1 aliphatic rings. The highest BCUT2D eigenvalue weighted by molar-refractivity contribution is 5.97. The molecular formula is C24H28N4O4. The summed E-state index contributed by atoms with van der Waals surface area (Å²) >= 11 is 0. The zero-order chi connectivity index (χ0) is 22.5. The number of carbonyl (C=O) groups excluding carboxylic acids is 1. The van der Waals surface area contributed by atoms with Crippen LogP contribution in [-0.4, -0.2) is 54.4 Å². The number of aromatic nitrogens is 2. The molecule has 1 N–H and O–H groups in total. The van der Waals surface area contributed by atoms with E-state index >= 15 is 0 Å². The predicted molar refractivity (Wildman–Crippen MR) is 122 cm³/mol. The highest BCUT2D eigenvalue weighted by Gasteiger charge is 2.17. The zero-order valence-corrected chi connectivity index (χ0v) is 18.5. The number of benzene rings is 2. The third kappa shape index (κ3) is 4.60. The molecule has 1 saturated heterocycles. The van der Waals surface area contributed by atoms with Gasteiger partial charge in [-0.05, 0) is 44.1 Å². The minimum Gasteiger partial charge on any atom is -0.497 e. The summed E-state index contributed by atoms with van der Waals surface area (Å²) in [5, 5.41) is 8.88. The van der Waals surface area contributed by atoms with Crippen LogP contribution in [0, 0.1) is 0 Å². The van der Waals surface area contributed by atoms with E-state index in [9.17, 15) is 9.59 Å². The SMILES string of the molecule is COc1ccc(C(=O)NCc2nn(CCN3CCCC3)c(=O)c3ccccc23)c(OC)c1. The summed E-state index contributed by atoms with van der Waals surface area (Å²) in [5.74, 6) is 0.747. The Labute approximate surface area is 186 Å². The summed E-state index contributed by atoms with van der Waals surface area (Å²) in [6.07, 6.45) is 2.40. The molecule has 0 spiro atoms. The minimum absolute atomic E-state index is 0.105. The van der Waals surface area contributed by atoms with Crippen LogP contribution in [0.3, 0.4) is 0 Å². The van der Waals surface area contributed by atoms with E-state index in [2.05, 4.69) is 15.3 Å². The standard InChI is InChI=1S/C24H28N4O4/c1-31-17-9-10-20(22(15-17)32-2)23(29)25-16-21-18-7-3-4-8-19(18)24(30)28(26-21)14-13-27-11-5-6-12-27/h3-4,7-10,15H,5-6,11-14,16H2,1-2H3,(H,25,29). The second kappa shape index (κ2) is 9.82. The van der Waals surface area contributed by atoms with Gasteiger partial charge in [0.1, 0.15) is 11.5 Å². The summed E-state index contributed by atoms with van der Waals surface area (Å²) in [6.45, 7) is 3.64. The number of likely N-dealkylation sites (tertiary alicyclic amines) is 1. The molecule has 1 aromatic heterocycles.